The van der Waals surface area contributed by atoms with E-state index in [9.17, 15) is 14.9 Å². The van der Waals surface area contributed by atoms with Gasteiger partial charge in [0.2, 0.25) is 11.8 Å². The van der Waals surface area contributed by atoms with Gasteiger partial charge >= 0.3 is 0 Å². The molecule has 1 saturated carbocycles. The molecule has 2 fully saturated rings. The molecule has 1 unspecified atom stereocenters. The third kappa shape index (κ3) is 2.73. The van der Waals surface area contributed by atoms with E-state index in [1.807, 2.05) is 0 Å². The molecule has 0 aromatic carbocycles. The number of carbonyl (C=O) groups excluding carboxylic acids is 2. The standard InChI is InChI=1S/C14H21N3O2/c1-17-9-6-11(12(17)18)16-13(19)14(10-15)7-4-2-3-5-8-14/h11H,2-9H2,1H3,(H,16,19). The molecule has 1 N–H and O–H groups in total. The highest BCUT2D eigenvalue weighted by atomic mass is 16.2. The second-order valence-corrected chi connectivity index (χ2v) is 5.68. The van der Waals surface area contributed by atoms with Gasteiger partial charge in [-0.3, -0.25) is 9.59 Å². The highest BCUT2D eigenvalue weighted by molar-refractivity contribution is 5.92. The van der Waals surface area contributed by atoms with Gasteiger partial charge in [0.05, 0.1) is 6.07 Å². The summed E-state index contributed by atoms with van der Waals surface area (Å²) in [5.41, 5.74) is -0.919. The van der Waals surface area contributed by atoms with Crippen LogP contribution >= 0.6 is 0 Å². The quantitative estimate of drug-likeness (QED) is 0.761. The zero-order chi connectivity index (χ0) is 13.9. The van der Waals surface area contributed by atoms with Crippen LogP contribution in [0.2, 0.25) is 0 Å². The molecule has 2 rings (SSSR count). The largest absolute Gasteiger partial charge is 0.344 e. The highest BCUT2D eigenvalue weighted by Gasteiger charge is 2.41. The number of carbonyl (C=O) groups is 2. The number of nitrogens with zero attached hydrogens (tertiary/aromatic N) is 2. The lowest BCUT2D eigenvalue weighted by Gasteiger charge is -2.25. The monoisotopic (exact) mass is 263 g/mol. The first kappa shape index (κ1) is 13.9. The van der Waals surface area contributed by atoms with Crippen LogP contribution < -0.4 is 5.32 Å². The topological polar surface area (TPSA) is 73.2 Å². The van der Waals surface area contributed by atoms with Crippen molar-refractivity contribution >= 4 is 11.8 Å². The SMILES string of the molecule is CN1CCC(NC(=O)C2(C#N)CCCCCC2)C1=O. The molecule has 1 atom stereocenters. The molecular weight excluding hydrogens is 242 g/mol. The van der Waals surface area contributed by atoms with Gasteiger partial charge < -0.3 is 10.2 Å². The van der Waals surface area contributed by atoms with Crippen LogP contribution in [0.25, 0.3) is 0 Å². The average Bonchev–Trinajstić information content (AvgIpc) is 2.64. The Balaban J connectivity index is 2.05. The Hall–Kier alpha value is -1.57. The maximum absolute atomic E-state index is 12.4. The highest BCUT2D eigenvalue weighted by Crippen LogP contribution is 2.35. The lowest BCUT2D eigenvalue weighted by atomic mass is 9.80. The molecule has 19 heavy (non-hydrogen) atoms. The van der Waals surface area contributed by atoms with E-state index in [4.69, 9.17) is 0 Å². The van der Waals surface area contributed by atoms with Gasteiger partial charge in [-0.25, -0.2) is 0 Å². The lowest BCUT2D eigenvalue weighted by Crippen LogP contribution is -2.47. The number of likely N-dealkylation sites (tertiary alicyclic amines) is 1. The molecule has 1 saturated heterocycles. The Morgan fingerprint density at radius 2 is 2.00 bits per heavy atom. The summed E-state index contributed by atoms with van der Waals surface area (Å²) in [6.45, 7) is 0.670. The third-order valence-electron chi connectivity index (χ3n) is 4.34. The maximum atomic E-state index is 12.4. The van der Waals surface area contributed by atoms with Crippen molar-refractivity contribution in [2.75, 3.05) is 13.6 Å². The van der Waals surface area contributed by atoms with Gasteiger partial charge in [0.1, 0.15) is 11.5 Å². The first-order valence-electron chi connectivity index (χ1n) is 7.06. The van der Waals surface area contributed by atoms with Crippen molar-refractivity contribution in [3.63, 3.8) is 0 Å². The first-order chi connectivity index (χ1) is 9.09. The number of amides is 2. The summed E-state index contributed by atoms with van der Waals surface area (Å²) in [7, 11) is 1.74. The maximum Gasteiger partial charge on any atom is 0.244 e. The number of nitriles is 1. The molecule has 0 spiro atoms. The summed E-state index contributed by atoms with van der Waals surface area (Å²) in [6.07, 6.45) is 5.88. The van der Waals surface area contributed by atoms with E-state index < -0.39 is 11.5 Å². The van der Waals surface area contributed by atoms with Gasteiger partial charge in [-0.05, 0) is 19.3 Å². The van der Waals surface area contributed by atoms with E-state index in [0.29, 0.717) is 25.8 Å². The van der Waals surface area contributed by atoms with Gasteiger partial charge in [-0.1, -0.05) is 25.7 Å². The molecular formula is C14H21N3O2. The summed E-state index contributed by atoms with van der Waals surface area (Å²) in [4.78, 5) is 25.8. The van der Waals surface area contributed by atoms with E-state index in [2.05, 4.69) is 11.4 Å². The number of nitrogens with one attached hydrogen (secondary N) is 1. The van der Waals surface area contributed by atoms with Crippen LogP contribution in [-0.4, -0.2) is 36.3 Å². The summed E-state index contributed by atoms with van der Waals surface area (Å²) in [5, 5.41) is 12.2. The molecule has 5 heteroatoms. The Morgan fingerprint density at radius 3 is 2.47 bits per heavy atom. The zero-order valence-corrected chi connectivity index (χ0v) is 11.4. The Labute approximate surface area is 113 Å². The van der Waals surface area contributed by atoms with Gasteiger partial charge in [-0.15, -0.1) is 0 Å². The minimum absolute atomic E-state index is 0.0462. The molecule has 0 bridgehead atoms. The van der Waals surface area contributed by atoms with Crippen LogP contribution in [0.1, 0.15) is 44.9 Å². The number of likely N-dealkylation sites (N-methyl/N-ethyl adjacent to an activating group) is 1. The second-order valence-electron chi connectivity index (χ2n) is 5.68. The predicted octanol–water partition coefficient (Wildman–Crippen LogP) is 1.20. The summed E-state index contributed by atoms with van der Waals surface area (Å²) < 4.78 is 0. The van der Waals surface area contributed by atoms with Crippen LogP contribution in [0.15, 0.2) is 0 Å². The van der Waals surface area contributed by atoms with E-state index in [-0.39, 0.29) is 11.8 Å². The van der Waals surface area contributed by atoms with Crippen molar-refractivity contribution in [1.29, 1.82) is 5.26 Å². The van der Waals surface area contributed by atoms with Crippen LogP contribution in [0.3, 0.4) is 0 Å². The molecule has 1 heterocycles. The predicted molar refractivity (Wildman–Crippen MR) is 69.9 cm³/mol. The smallest absolute Gasteiger partial charge is 0.244 e. The second kappa shape index (κ2) is 5.60. The van der Waals surface area contributed by atoms with Gasteiger partial charge in [0, 0.05) is 13.6 Å². The van der Waals surface area contributed by atoms with Crippen molar-refractivity contribution in [2.24, 2.45) is 5.41 Å². The fourth-order valence-electron chi connectivity index (χ4n) is 2.97. The van der Waals surface area contributed by atoms with Crippen molar-refractivity contribution in [3.05, 3.63) is 0 Å². The summed E-state index contributed by atoms with van der Waals surface area (Å²) in [6, 6.07) is 1.78. The van der Waals surface area contributed by atoms with Crippen molar-refractivity contribution in [3.8, 4) is 6.07 Å². The third-order valence-corrected chi connectivity index (χ3v) is 4.34. The van der Waals surface area contributed by atoms with E-state index in [1.54, 1.807) is 11.9 Å². The number of rotatable bonds is 2. The van der Waals surface area contributed by atoms with Crippen LogP contribution in [0.4, 0.5) is 0 Å². The Bertz CT molecular complexity index is 405. The summed E-state index contributed by atoms with van der Waals surface area (Å²) >= 11 is 0. The molecule has 1 aliphatic heterocycles. The molecule has 0 radical (unpaired) electrons. The number of hydrogen-bond donors (Lipinski definition) is 1. The van der Waals surface area contributed by atoms with Crippen LogP contribution in [0.5, 0.6) is 0 Å². The van der Waals surface area contributed by atoms with Gasteiger partial charge in [0.15, 0.2) is 0 Å². The number of hydrogen-bond acceptors (Lipinski definition) is 3. The molecule has 1 aliphatic carbocycles. The minimum Gasteiger partial charge on any atom is -0.344 e. The average molecular weight is 263 g/mol. The molecule has 2 amide bonds. The lowest BCUT2D eigenvalue weighted by molar-refractivity contribution is -0.135. The van der Waals surface area contributed by atoms with Gasteiger partial charge in [-0.2, -0.15) is 5.26 Å². The van der Waals surface area contributed by atoms with Gasteiger partial charge in [0.25, 0.3) is 0 Å². The van der Waals surface area contributed by atoms with Crippen LogP contribution in [-0.2, 0) is 9.59 Å². The van der Waals surface area contributed by atoms with E-state index in [1.165, 1.54) is 0 Å². The molecule has 5 nitrogen and oxygen atoms in total. The van der Waals surface area contributed by atoms with Crippen molar-refractivity contribution in [1.82, 2.24) is 10.2 Å². The summed E-state index contributed by atoms with van der Waals surface area (Å²) in [5.74, 6) is -0.291. The van der Waals surface area contributed by atoms with Crippen molar-refractivity contribution in [2.45, 2.75) is 51.0 Å². The first-order valence-corrected chi connectivity index (χ1v) is 7.06. The minimum atomic E-state index is -0.919. The Morgan fingerprint density at radius 1 is 1.37 bits per heavy atom. The zero-order valence-electron chi connectivity index (χ0n) is 11.4. The van der Waals surface area contributed by atoms with E-state index in [0.717, 1.165) is 25.7 Å². The molecule has 0 aromatic heterocycles. The molecule has 104 valence electrons. The van der Waals surface area contributed by atoms with E-state index >= 15 is 0 Å². The fraction of sp³-hybridized carbons (Fsp3) is 0.786. The Kier molecular flexibility index (Phi) is 4.08. The van der Waals surface area contributed by atoms with Crippen molar-refractivity contribution < 1.29 is 9.59 Å². The molecule has 2 aliphatic rings. The molecule has 0 aromatic rings. The van der Waals surface area contributed by atoms with Crippen LogP contribution in [0, 0.1) is 16.7 Å². The fourth-order valence-corrected chi connectivity index (χ4v) is 2.97. The normalized spacial score (nSPS) is 26.6.